The molecule has 4 amide bonds. The van der Waals surface area contributed by atoms with E-state index >= 15 is 0 Å². The van der Waals surface area contributed by atoms with Gasteiger partial charge < -0.3 is 40.3 Å². The first-order chi connectivity index (χ1) is 32.5. The number of carbonyl (C=O) groups excluding carboxylic acids is 4. The van der Waals surface area contributed by atoms with Crippen molar-refractivity contribution in [2.24, 2.45) is 16.2 Å². The van der Waals surface area contributed by atoms with Gasteiger partial charge >= 0.3 is 0 Å². The second-order valence-corrected chi connectivity index (χ2v) is 22.0. The fourth-order valence-electron chi connectivity index (χ4n) is 10.4. The van der Waals surface area contributed by atoms with E-state index in [9.17, 15) is 29.5 Å². The molecule has 4 atom stereocenters. The monoisotopic (exact) mass is 981 g/mol. The standard InChI is InChI=1S/C53H68ClN7O7S/c1-32(34-14-16-35(17-15-34)44-33(2)57-31-69-44)58-46(64)42-26-39(62)29-61(42)48(66)45(51(3,4)5)59-43(63)30-67-25-13-11-12-24-56-38-21-18-36(19-22-38)47(65)60(10)49-52(6,7)50(53(49,8)9)68-40-23-20-37(28-55)41(54)27-40/h14-23,27,31-32,39,42,45,49-50,56,62H,11-13,24-26,29-30H2,1-10H3,(H,58,64)(H,59,63)/t32-,39+,42-,45+,49?,50?/m0/s1. The van der Waals surface area contributed by atoms with Gasteiger partial charge in [-0.05, 0) is 86.1 Å². The van der Waals surface area contributed by atoms with Gasteiger partial charge in [0.05, 0.1) is 38.8 Å². The minimum Gasteiger partial charge on any atom is -0.489 e. The average Bonchev–Trinajstić information content (AvgIpc) is 3.92. The Morgan fingerprint density at radius 3 is 2.29 bits per heavy atom. The first-order valence-corrected chi connectivity index (χ1v) is 24.9. The minimum atomic E-state index is -0.953. The second-order valence-electron chi connectivity index (χ2n) is 20.7. The summed E-state index contributed by atoms with van der Waals surface area (Å²) in [6.07, 6.45) is 1.47. The quantitative estimate of drug-likeness (QED) is 0.0664. The van der Waals surface area contributed by atoms with Crippen LogP contribution < -0.4 is 20.7 Å². The van der Waals surface area contributed by atoms with E-state index < -0.39 is 35.4 Å². The Hall–Kier alpha value is -5.53. The van der Waals surface area contributed by atoms with Gasteiger partial charge in [0, 0.05) is 67.4 Å². The number of nitrogens with one attached hydrogen (secondary N) is 3. The van der Waals surface area contributed by atoms with Crippen LogP contribution in [0.5, 0.6) is 5.75 Å². The first-order valence-electron chi connectivity index (χ1n) is 23.7. The lowest BCUT2D eigenvalue weighted by Crippen LogP contribution is -2.74. The van der Waals surface area contributed by atoms with Gasteiger partial charge in [0.25, 0.3) is 5.91 Å². The van der Waals surface area contributed by atoms with E-state index in [0.29, 0.717) is 35.1 Å². The molecule has 0 radical (unpaired) electrons. The number of anilines is 1. The summed E-state index contributed by atoms with van der Waals surface area (Å²) >= 11 is 7.84. The van der Waals surface area contributed by atoms with E-state index in [1.54, 1.807) is 29.5 Å². The normalized spacial score (nSPS) is 20.2. The zero-order valence-electron chi connectivity index (χ0n) is 41.5. The van der Waals surface area contributed by atoms with Gasteiger partial charge in [-0.15, -0.1) is 11.3 Å². The summed E-state index contributed by atoms with van der Waals surface area (Å²) in [4.78, 5) is 63.2. The predicted octanol–water partition coefficient (Wildman–Crippen LogP) is 8.57. The molecule has 1 aliphatic carbocycles. The predicted molar refractivity (Wildman–Crippen MR) is 270 cm³/mol. The molecule has 3 aromatic carbocycles. The number of nitriles is 1. The van der Waals surface area contributed by atoms with Crippen molar-refractivity contribution in [3.05, 3.63) is 99.6 Å². The van der Waals surface area contributed by atoms with E-state index in [4.69, 9.17) is 21.1 Å². The van der Waals surface area contributed by atoms with Crippen LogP contribution in [-0.2, 0) is 19.1 Å². The number of β-amino-alcohol motifs (C(OH)–C–C–N with tert-alkyl or cyclic N) is 1. The molecule has 1 saturated carbocycles. The lowest BCUT2D eigenvalue weighted by molar-refractivity contribution is -0.195. The minimum absolute atomic E-state index is 0.0134. The van der Waals surface area contributed by atoms with Crippen molar-refractivity contribution in [1.82, 2.24) is 25.4 Å². The maximum atomic E-state index is 14.1. The number of aromatic nitrogens is 1. The van der Waals surface area contributed by atoms with Crippen molar-refractivity contribution in [2.75, 3.05) is 38.7 Å². The van der Waals surface area contributed by atoms with E-state index in [1.807, 2.05) is 101 Å². The van der Waals surface area contributed by atoms with E-state index in [2.05, 4.69) is 54.7 Å². The van der Waals surface area contributed by atoms with Crippen LogP contribution in [0.4, 0.5) is 5.69 Å². The number of ether oxygens (including phenoxy) is 2. The maximum absolute atomic E-state index is 14.1. The zero-order valence-corrected chi connectivity index (χ0v) is 43.1. The van der Waals surface area contributed by atoms with Crippen LogP contribution in [0.2, 0.25) is 5.02 Å². The number of amides is 4. The number of rotatable bonds is 19. The Kier molecular flexibility index (Phi) is 16.9. The van der Waals surface area contributed by atoms with E-state index in [1.165, 1.54) is 4.90 Å². The average molecular weight is 983 g/mol. The van der Waals surface area contributed by atoms with Gasteiger partial charge in [0.1, 0.15) is 36.6 Å². The number of aliphatic hydroxyl groups excluding tert-OH is 1. The maximum Gasteiger partial charge on any atom is 0.253 e. The lowest BCUT2D eigenvalue weighted by Gasteiger charge is -2.65. The van der Waals surface area contributed by atoms with Crippen LogP contribution in [0.15, 0.2) is 72.2 Å². The molecule has 16 heteroatoms. The number of thiazole rings is 1. The lowest BCUT2D eigenvalue weighted by atomic mass is 9.49. The van der Waals surface area contributed by atoms with Crippen molar-refractivity contribution >= 4 is 52.3 Å². The molecule has 6 rings (SSSR count). The number of halogens is 1. The number of carbonyl (C=O) groups is 4. The number of likely N-dealkylation sites (tertiary alicyclic amines) is 1. The molecule has 2 aliphatic rings. The van der Waals surface area contributed by atoms with Crippen molar-refractivity contribution in [3.8, 4) is 22.3 Å². The van der Waals surface area contributed by atoms with Crippen molar-refractivity contribution in [1.29, 1.82) is 5.26 Å². The first kappa shape index (κ1) is 52.8. The molecular weight excluding hydrogens is 914 g/mol. The molecule has 2 heterocycles. The topological polar surface area (TPSA) is 186 Å². The molecule has 1 saturated heterocycles. The Morgan fingerprint density at radius 2 is 1.68 bits per heavy atom. The summed E-state index contributed by atoms with van der Waals surface area (Å²) in [5.41, 5.74) is 5.18. The molecule has 69 heavy (non-hydrogen) atoms. The second kappa shape index (κ2) is 22.0. The van der Waals surface area contributed by atoms with Crippen LogP contribution in [0.1, 0.15) is 114 Å². The Morgan fingerprint density at radius 1 is 1.00 bits per heavy atom. The summed E-state index contributed by atoms with van der Waals surface area (Å²) in [5, 5.41) is 29.5. The number of nitrogens with zero attached hydrogens (tertiary/aromatic N) is 4. The van der Waals surface area contributed by atoms with Gasteiger partial charge in [0.2, 0.25) is 17.7 Å². The fourth-order valence-corrected chi connectivity index (χ4v) is 11.4. The van der Waals surface area contributed by atoms with Crippen LogP contribution in [-0.4, -0.2) is 107 Å². The summed E-state index contributed by atoms with van der Waals surface area (Å²) in [6.45, 7) is 18.6. The third-order valence-corrected chi connectivity index (χ3v) is 14.8. The van der Waals surface area contributed by atoms with Crippen LogP contribution in [0.25, 0.3) is 10.4 Å². The Bertz CT molecular complexity index is 2480. The number of hydrogen-bond donors (Lipinski definition) is 4. The van der Waals surface area contributed by atoms with E-state index in [0.717, 1.165) is 46.6 Å². The summed E-state index contributed by atoms with van der Waals surface area (Å²) in [7, 11) is 1.84. The number of aryl methyl sites for hydroxylation is 1. The molecule has 1 aromatic heterocycles. The molecule has 14 nitrogen and oxygen atoms in total. The number of hydrogen-bond acceptors (Lipinski definition) is 11. The van der Waals surface area contributed by atoms with Crippen LogP contribution in [0.3, 0.4) is 0 Å². The van der Waals surface area contributed by atoms with Crippen LogP contribution >= 0.6 is 22.9 Å². The van der Waals surface area contributed by atoms with Gasteiger partial charge in [-0.3, -0.25) is 19.2 Å². The Balaban J connectivity index is 0.898. The van der Waals surface area contributed by atoms with Crippen molar-refractivity contribution in [3.63, 3.8) is 0 Å². The highest BCUT2D eigenvalue weighted by molar-refractivity contribution is 7.13. The van der Waals surface area contributed by atoms with Gasteiger partial charge in [0.15, 0.2) is 0 Å². The van der Waals surface area contributed by atoms with Gasteiger partial charge in [-0.2, -0.15) is 5.26 Å². The largest absolute Gasteiger partial charge is 0.489 e. The highest BCUT2D eigenvalue weighted by Crippen LogP contribution is 2.58. The van der Waals surface area contributed by atoms with Crippen molar-refractivity contribution in [2.45, 2.75) is 124 Å². The third kappa shape index (κ3) is 12.3. The Labute approximate surface area is 416 Å². The molecule has 0 bridgehead atoms. The molecular formula is C53H68ClN7O7S. The number of aliphatic hydroxyl groups is 1. The zero-order chi connectivity index (χ0) is 50.4. The molecule has 0 spiro atoms. The summed E-state index contributed by atoms with van der Waals surface area (Å²) in [6, 6.07) is 20.3. The highest BCUT2D eigenvalue weighted by atomic mass is 35.5. The van der Waals surface area contributed by atoms with Gasteiger partial charge in [-0.25, -0.2) is 4.98 Å². The third-order valence-electron chi connectivity index (χ3n) is 13.5. The van der Waals surface area contributed by atoms with Crippen LogP contribution in [0, 0.1) is 34.5 Å². The molecule has 4 N–H and O–H groups in total. The molecule has 2 fully saturated rings. The SMILES string of the molecule is Cc1ncsc1-c1ccc([C@H](C)NC(=O)[C@@H]2C[C@@H](O)CN2C(=O)[C@@H](NC(=O)COCCCCCNc2ccc(C(=O)N(C)C3C(C)(C)C(Oc4ccc(C#N)c(Cl)c4)C3(C)C)cc2)C(C)(C)C)cc1. The molecule has 370 valence electrons. The highest BCUT2D eigenvalue weighted by Gasteiger charge is 2.65. The van der Waals surface area contributed by atoms with Crippen molar-refractivity contribution < 1.29 is 33.8 Å². The molecule has 4 aromatic rings. The van der Waals surface area contributed by atoms with E-state index in [-0.39, 0.29) is 60.4 Å². The number of unbranched alkanes of at least 4 members (excludes halogenated alkanes) is 2. The smallest absolute Gasteiger partial charge is 0.253 e. The van der Waals surface area contributed by atoms with Gasteiger partial charge in [-0.1, -0.05) is 84.3 Å². The molecule has 1 aliphatic heterocycles. The fraction of sp³-hybridized carbons (Fsp3) is 0.509. The summed E-state index contributed by atoms with van der Waals surface area (Å²) in [5.74, 6) is -0.723. The molecule has 0 unspecified atom stereocenters. The number of benzene rings is 3. The summed E-state index contributed by atoms with van der Waals surface area (Å²) < 4.78 is 12.1.